The fourth-order valence-electron chi connectivity index (χ4n) is 1.66. The summed E-state index contributed by atoms with van der Waals surface area (Å²) >= 11 is 0. The van der Waals surface area contributed by atoms with Gasteiger partial charge in [0.05, 0.1) is 11.5 Å². The summed E-state index contributed by atoms with van der Waals surface area (Å²) in [6, 6.07) is 4.27. The molecule has 1 aliphatic carbocycles. The molecule has 1 saturated carbocycles. The van der Waals surface area contributed by atoms with Gasteiger partial charge in [0, 0.05) is 5.69 Å². The third-order valence-electron chi connectivity index (χ3n) is 3.03. The Hall–Kier alpha value is -2.05. The van der Waals surface area contributed by atoms with E-state index < -0.39 is 29.7 Å². The minimum Gasteiger partial charge on any atom is -0.452 e. The second-order valence-corrected chi connectivity index (χ2v) is 4.92. The molecule has 0 bridgehead atoms. The summed E-state index contributed by atoms with van der Waals surface area (Å²) in [6.45, 7) is 1.38. The van der Waals surface area contributed by atoms with E-state index >= 15 is 0 Å². The maximum Gasteiger partial charge on any atom is 0.416 e. The van der Waals surface area contributed by atoms with Gasteiger partial charge in [-0.15, -0.1) is 0 Å². The predicted octanol–water partition coefficient (Wildman–Crippen LogP) is 2.99. The molecule has 0 spiro atoms. The molecule has 114 valence electrons. The lowest BCUT2D eigenvalue weighted by atomic mass is 10.2. The van der Waals surface area contributed by atoms with Crippen LogP contribution in [-0.4, -0.2) is 18.0 Å². The summed E-state index contributed by atoms with van der Waals surface area (Å²) in [6.07, 6.45) is -4.03. The SMILES string of the molecule is C[C@@H](OC(=O)C1CC1)C(=O)Nc1cccc(C(F)(F)F)c1. The Morgan fingerprint density at radius 1 is 1.33 bits per heavy atom. The predicted molar refractivity (Wildman–Crippen MR) is 68.4 cm³/mol. The Kier molecular flexibility index (Phi) is 4.20. The molecule has 21 heavy (non-hydrogen) atoms. The molecule has 0 heterocycles. The summed E-state index contributed by atoms with van der Waals surface area (Å²) in [5.41, 5.74) is -0.855. The first-order chi connectivity index (χ1) is 9.77. The van der Waals surface area contributed by atoms with Crippen molar-refractivity contribution in [3.8, 4) is 0 Å². The summed E-state index contributed by atoms with van der Waals surface area (Å²) in [5.74, 6) is -1.25. The highest BCUT2D eigenvalue weighted by atomic mass is 19.4. The van der Waals surface area contributed by atoms with Crippen molar-refractivity contribution in [3.05, 3.63) is 29.8 Å². The first-order valence-electron chi connectivity index (χ1n) is 6.46. The van der Waals surface area contributed by atoms with Gasteiger partial charge in [-0.05, 0) is 38.0 Å². The Morgan fingerprint density at radius 2 is 2.00 bits per heavy atom. The highest BCUT2D eigenvalue weighted by molar-refractivity contribution is 5.95. The molecule has 0 aromatic heterocycles. The molecule has 1 aromatic carbocycles. The van der Waals surface area contributed by atoms with Crippen LogP contribution < -0.4 is 5.32 Å². The van der Waals surface area contributed by atoms with Gasteiger partial charge in [0.1, 0.15) is 0 Å². The molecule has 0 unspecified atom stereocenters. The molecule has 1 fully saturated rings. The minimum atomic E-state index is -4.48. The summed E-state index contributed by atoms with van der Waals surface area (Å²) in [5, 5.41) is 2.30. The molecule has 0 radical (unpaired) electrons. The number of nitrogens with one attached hydrogen (secondary N) is 1. The lowest BCUT2D eigenvalue weighted by Crippen LogP contribution is -2.30. The van der Waals surface area contributed by atoms with E-state index in [2.05, 4.69) is 5.32 Å². The van der Waals surface area contributed by atoms with Crippen LogP contribution in [0.15, 0.2) is 24.3 Å². The van der Waals surface area contributed by atoms with E-state index in [4.69, 9.17) is 4.74 Å². The van der Waals surface area contributed by atoms with E-state index in [9.17, 15) is 22.8 Å². The van der Waals surface area contributed by atoms with Crippen LogP contribution in [0.2, 0.25) is 0 Å². The van der Waals surface area contributed by atoms with Crippen molar-refractivity contribution in [2.45, 2.75) is 32.0 Å². The van der Waals surface area contributed by atoms with Gasteiger partial charge in [0.2, 0.25) is 0 Å². The first-order valence-corrected chi connectivity index (χ1v) is 6.46. The fraction of sp³-hybridized carbons (Fsp3) is 0.429. The van der Waals surface area contributed by atoms with Crippen LogP contribution in [0.5, 0.6) is 0 Å². The Bertz CT molecular complexity index is 553. The number of anilines is 1. The molecule has 1 atom stereocenters. The van der Waals surface area contributed by atoms with Crippen molar-refractivity contribution in [2.24, 2.45) is 5.92 Å². The van der Waals surface area contributed by atoms with Crippen molar-refractivity contribution >= 4 is 17.6 Å². The Morgan fingerprint density at radius 3 is 2.57 bits per heavy atom. The van der Waals surface area contributed by atoms with Crippen molar-refractivity contribution < 1.29 is 27.5 Å². The quantitative estimate of drug-likeness (QED) is 0.870. The molecular formula is C14H14F3NO3. The van der Waals surface area contributed by atoms with Crippen molar-refractivity contribution in [1.82, 2.24) is 0 Å². The smallest absolute Gasteiger partial charge is 0.416 e. The summed E-state index contributed by atoms with van der Waals surface area (Å²) in [7, 11) is 0. The van der Waals surface area contributed by atoms with E-state index in [1.165, 1.54) is 19.1 Å². The standard InChI is InChI=1S/C14H14F3NO3/c1-8(21-13(20)9-5-6-9)12(19)18-11-4-2-3-10(7-11)14(15,16)17/h2-4,7-9H,5-6H2,1H3,(H,18,19)/t8-/m1/s1. The van der Waals surface area contributed by atoms with Crippen LogP contribution in [0.3, 0.4) is 0 Å². The highest BCUT2D eigenvalue weighted by Gasteiger charge is 2.34. The number of carbonyl (C=O) groups excluding carboxylic acids is 2. The van der Waals surface area contributed by atoms with Gasteiger partial charge in [-0.2, -0.15) is 13.2 Å². The van der Waals surface area contributed by atoms with E-state index in [1.54, 1.807) is 0 Å². The van der Waals surface area contributed by atoms with Crippen molar-refractivity contribution in [1.29, 1.82) is 0 Å². The van der Waals surface area contributed by atoms with Gasteiger partial charge in [0.15, 0.2) is 6.10 Å². The number of halogens is 3. The molecule has 0 aliphatic heterocycles. The number of hydrogen-bond donors (Lipinski definition) is 1. The highest BCUT2D eigenvalue weighted by Crippen LogP contribution is 2.31. The van der Waals surface area contributed by atoms with Gasteiger partial charge in [-0.1, -0.05) is 6.07 Å². The molecule has 7 heteroatoms. The van der Waals surface area contributed by atoms with Crippen LogP contribution in [0.1, 0.15) is 25.3 Å². The second-order valence-electron chi connectivity index (χ2n) is 4.92. The Labute approximate surface area is 119 Å². The first kappa shape index (κ1) is 15.3. The molecule has 1 amide bonds. The number of alkyl halides is 3. The average molecular weight is 301 g/mol. The van der Waals surface area contributed by atoms with Crippen LogP contribution in [0.25, 0.3) is 0 Å². The molecule has 1 N–H and O–H groups in total. The van der Waals surface area contributed by atoms with Gasteiger partial charge in [0.25, 0.3) is 5.91 Å². The second kappa shape index (κ2) is 5.75. The van der Waals surface area contributed by atoms with Crippen molar-refractivity contribution in [2.75, 3.05) is 5.32 Å². The molecule has 1 aromatic rings. The summed E-state index contributed by atoms with van der Waals surface area (Å²) in [4.78, 5) is 23.2. The third-order valence-corrected chi connectivity index (χ3v) is 3.03. The van der Waals surface area contributed by atoms with Crippen LogP contribution >= 0.6 is 0 Å². The van der Waals surface area contributed by atoms with Gasteiger partial charge >= 0.3 is 12.1 Å². The summed E-state index contributed by atoms with van der Waals surface area (Å²) < 4.78 is 42.6. The van der Waals surface area contributed by atoms with Gasteiger partial charge < -0.3 is 10.1 Å². The van der Waals surface area contributed by atoms with E-state index in [0.717, 1.165) is 25.0 Å². The van der Waals surface area contributed by atoms with Gasteiger partial charge in [-0.3, -0.25) is 9.59 Å². The number of carbonyl (C=O) groups is 2. The lowest BCUT2D eigenvalue weighted by Gasteiger charge is -2.14. The lowest BCUT2D eigenvalue weighted by molar-refractivity contribution is -0.154. The number of amides is 1. The van der Waals surface area contributed by atoms with E-state index in [1.807, 2.05) is 0 Å². The van der Waals surface area contributed by atoms with E-state index in [-0.39, 0.29) is 11.6 Å². The zero-order valence-corrected chi connectivity index (χ0v) is 11.2. The molecule has 4 nitrogen and oxygen atoms in total. The van der Waals surface area contributed by atoms with Crippen LogP contribution in [0.4, 0.5) is 18.9 Å². The zero-order chi connectivity index (χ0) is 15.6. The number of esters is 1. The molecule has 0 saturated heterocycles. The van der Waals surface area contributed by atoms with Crippen molar-refractivity contribution in [3.63, 3.8) is 0 Å². The zero-order valence-electron chi connectivity index (χ0n) is 11.2. The number of ether oxygens (including phenoxy) is 1. The monoisotopic (exact) mass is 301 g/mol. The van der Waals surface area contributed by atoms with Crippen LogP contribution in [-0.2, 0) is 20.5 Å². The number of benzene rings is 1. The Balaban J connectivity index is 1.97. The molecule has 2 rings (SSSR count). The maximum atomic E-state index is 12.5. The van der Waals surface area contributed by atoms with Crippen LogP contribution in [0, 0.1) is 5.92 Å². The molecular weight excluding hydrogens is 287 g/mol. The third kappa shape index (κ3) is 4.21. The normalized spacial score (nSPS) is 16.2. The fourth-order valence-corrected chi connectivity index (χ4v) is 1.66. The topological polar surface area (TPSA) is 55.4 Å². The number of rotatable bonds is 4. The number of hydrogen-bond acceptors (Lipinski definition) is 3. The largest absolute Gasteiger partial charge is 0.452 e. The van der Waals surface area contributed by atoms with E-state index in [0.29, 0.717) is 0 Å². The molecule has 1 aliphatic rings. The average Bonchev–Trinajstić information content (AvgIpc) is 3.22. The minimum absolute atomic E-state index is 0.00384. The van der Waals surface area contributed by atoms with Gasteiger partial charge in [-0.25, -0.2) is 0 Å². The maximum absolute atomic E-state index is 12.5.